The molecule has 0 atom stereocenters. The van der Waals surface area contributed by atoms with Gasteiger partial charge in [0.25, 0.3) is 5.91 Å². The summed E-state index contributed by atoms with van der Waals surface area (Å²) in [4.78, 5) is 14.5. The number of carbonyl (C=O) groups is 1. The molecular formula is C18H19NO3. The predicted octanol–water partition coefficient (Wildman–Crippen LogP) is 2.90. The van der Waals surface area contributed by atoms with Crippen molar-refractivity contribution in [3.63, 3.8) is 0 Å². The van der Waals surface area contributed by atoms with E-state index < -0.39 is 0 Å². The van der Waals surface area contributed by atoms with Gasteiger partial charge in [-0.3, -0.25) is 4.79 Å². The molecule has 0 saturated carbocycles. The van der Waals surface area contributed by atoms with E-state index in [2.05, 4.69) is 6.07 Å². The van der Waals surface area contributed by atoms with Gasteiger partial charge in [-0.2, -0.15) is 0 Å². The Morgan fingerprint density at radius 2 is 1.64 bits per heavy atom. The summed E-state index contributed by atoms with van der Waals surface area (Å²) in [6.07, 6.45) is 0.876. The maximum Gasteiger partial charge on any atom is 0.254 e. The molecular weight excluding hydrogens is 278 g/mol. The summed E-state index contributed by atoms with van der Waals surface area (Å²) >= 11 is 0. The summed E-state index contributed by atoms with van der Waals surface area (Å²) in [7, 11) is 3.27. The number of ether oxygens (including phenoxy) is 2. The molecule has 0 spiro atoms. The second-order valence-electron chi connectivity index (χ2n) is 5.34. The van der Waals surface area contributed by atoms with Gasteiger partial charge in [-0.1, -0.05) is 6.07 Å². The Morgan fingerprint density at radius 1 is 0.955 bits per heavy atom. The highest BCUT2D eigenvalue weighted by atomic mass is 16.5. The van der Waals surface area contributed by atoms with E-state index in [-0.39, 0.29) is 5.91 Å². The summed E-state index contributed by atoms with van der Waals surface area (Å²) in [5.74, 6) is 1.64. The SMILES string of the molecule is COc1ccc(C(=O)N2CCc3ccc(OC)cc3C2)cc1. The minimum absolute atomic E-state index is 0.0520. The molecule has 22 heavy (non-hydrogen) atoms. The largest absolute Gasteiger partial charge is 0.497 e. The van der Waals surface area contributed by atoms with E-state index in [1.807, 2.05) is 41.3 Å². The molecule has 0 aliphatic carbocycles. The highest BCUT2D eigenvalue weighted by Crippen LogP contribution is 2.25. The number of hydrogen-bond acceptors (Lipinski definition) is 3. The van der Waals surface area contributed by atoms with Crippen LogP contribution in [-0.2, 0) is 13.0 Å². The van der Waals surface area contributed by atoms with Gasteiger partial charge in [-0.15, -0.1) is 0 Å². The van der Waals surface area contributed by atoms with Gasteiger partial charge in [-0.05, 0) is 53.9 Å². The highest BCUT2D eigenvalue weighted by molar-refractivity contribution is 5.94. The minimum atomic E-state index is 0.0520. The number of carbonyl (C=O) groups excluding carboxylic acids is 1. The van der Waals surface area contributed by atoms with Crippen molar-refractivity contribution >= 4 is 5.91 Å². The van der Waals surface area contributed by atoms with Crippen LogP contribution in [0.4, 0.5) is 0 Å². The number of rotatable bonds is 3. The highest BCUT2D eigenvalue weighted by Gasteiger charge is 2.22. The van der Waals surface area contributed by atoms with Crippen LogP contribution in [0.2, 0.25) is 0 Å². The minimum Gasteiger partial charge on any atom is -0.497 e. The van der Waals surface area contributed by atoms with Crippen molar-refractivity contribution in [2.75, 3.05) is 20.8 Å². The average molecular weight is 297 g/mol. The molecule has 4 nitrogen and oxygen atoms in total. The fourth-order valence-corrected chi connectivity index (χ4v) is 2.75. The summed E-state index contributed by atoms with van der Waals surface area (Å²) in [6, 6.07) is 13.3. The Kier molecular flexibility index (Phi) is 4.00. The number of nitrogens with zero attached hydrogens (tertiary/aromatic N) is 1. The first-order chi connectivity index (χ1) is 10.7. The lowest BCUT2D eigenvalue weighted by Crippen LogP contribution is -2.35. The molecule has 1 amide bonds. The van der Waals surface area contributed by atoms with Crippen molar-refractivity contribution < 1.29 is 14.3 Å². The second-order valence-corrected chi connectivity index (χ2v) is 5.34. The fraction of sp³-hybridized carbons (Fsp3) is 0.278. The monoisotopic (exact) mass is 297 g/mol. The lowest BCUT2D eigenvalue weighted by Gasteiger charge is -2.29. The van der Waals surface area contributed by atoms with Crippen molar-refractivity contribution in [2.24, 2.45) is 0 Å². The van der Waals surface area contributed by atoms with Crippen molar-refractivity contribution in [3.05, 3.63) is 59.2 Å². The van der Waals surface area contributed by atoms with Crippen molar-refractivity contribution in [1.29, 1.82) is 0 Å². The van der Waals surface area contributed by atoms with Crippen molar-refractivity contribution in [3.8, 4) is 11.5 Å². The van der Waals surface area contributed by atoms with Gasteiger partial charge in [0.05, 0.1) is 14.2 Å². The first kappa shape index (κ1) is 14.4. The Hall–Kier alpha value is -2.49. The number of benzene rings is 2. The van der Waals surface area contributed by atoms with E-state index in [9.17, 15) is 4.79 Å². The zero-order chi connectivity index (χ0) is 15.5. The molecule has 0 saturated heterocycles. The third kappa shape index (κ3) is 2.77. The predicted molar refractivity (Wildman–Crippen MR) is 84.4 cm³/mol. The van der Waals surface area contributed by atoms with Gasteiger partial charge in [-0.25, -0.2) is 0 Å². The maximum absolute atomic E-state index is 12.6. The Balaban J connectivity index is 1.79. The molecule has 0 bridgehead atoms. The van der Waals surface area contributed by atoms with Crippen LogP contribution in [0.15, 0.2) is 42.5 Å². The van der Waals surface area contributed by atoms with Crippen LogP contribution in [0.5, 0.6) is 11.5 Å². The van der Waals surface area contributed by atoms with Gasteiger partial charge in [0, 0.05) is 18.7 Å². The van der Waals surface area contributed by atoms with Crippen molar-refractivity contribution in [1.82, 2.24) is 4.90 Å². The van der Waals surface area contributed by atoms with E-state index in [0.717, 1.165) is 30.0 Å². The van der Waals surface area contributed by atoms with E-state index in [4.69, 9.17) is 9.47 Å². The third-order valence-corrected chi connectivity index (χ3v) is 4.05. The number of methoxy groups -OCH3 is 2. The quantitative estimate of drug-likeness (QED) is 0.874. The van der Waals surface area contributed by atoms with Gasteiger partial charge >= 0.3 is 0 Å². The lowest BCUT2D eigenvalue weighted by atomic mass is 9.99. The molecule has 1 aliphatic heterocycles. The van der Waals surface area contributed by atoms with Crippen LogP contribution >= 0.6 is 0 Å². The maximum atomic E-state index is 12.6. The Bertz CT molecular complexity index is 679. The summed E-state index contributed by atoms with van der Waals surface area (Å²) in [5, 5.41) is 0. The topological polar surface area (TPSA) is 38.8 Å². The van der Waals surface area contributed by atoms with Gasteiger partial charge in [0.1, 0.15) is 11.5 Å². The van der Waals surface area contributed by atoms with E-state index in [0.29, 0.717) is 12.1 Å². The molecule has 4 heteroatoms. The number of fused-ring (bicyclic) bond motifs is 1. The van der Waals surface area contributed by atoms with Crippen LogP contribution in [0.3, 0.4) is 0 Å². The molecule has 0 radical (unpaired) electrons. The molecule has 114 valence electrons. The Morgan fingerprint density at radius 3 is 2.32 bits per heavy atom. The van der Waals surface area contributed by atoms with Crippen LogP contribution < -0.4 is 9.47 Å². The lowest BCUT2D eigenvalue weighted by molar-refractivity contribution is 0.0734. The van der Waals surface area contributed by atoms with Crippen LogP contribution in [0.1, 0.15) is 21.5 Å². The van der Waals surface area contributed by atoms with Crippen molar-refractivity contribution in [2.45, 2.75) is 13.0 Å². The molecule has 1 aliphatic rings. The van der Waals surface area contributed by atoms with Crippen LogP contribution in [-0.4, -0.2) is 31.6 Å². The molecule has 0 fully saturated rings. The number of amides is 1. The molecule has 3 rings (SSSR count). The normalized spacial score (nSPS) is 13.5. The molecule has 2 aromatic rings. The first-order valence-electron chi connectivity index (χ1n) is 7.30. The third-order valence-electron chi connectivity index (χ3n) is 4.05. The van der Waals surface area contributed by atoms with Gasteiger partial charge < -0.3 is 14.4 Å². The zero-order valence-electron chi connectivity index (χ0n) is 12.8. The molecule has 0 N–H and O–H groups in total. The molecule has 1 heterocycles. The first-order valence-corrected chi connectivity index (χ1v) is 7.30. The summed E-state index contributed by atoms with van der Waals surface area (Å²) < 4.78 is 10.4. The summed E-state index contributed by atoms with van der Waals surface area (Å²) in [5.41, 5.74) is 3.14. The second kappa shape index (κ2) is 6.10. The smallest absolute Gasteiger partial charge is 0.254 e. The molecule has 0 aromatic heterocycles. The molecule has 2 aromatic carbocycles. The fourth-order valence-electron chi connectivity index (χ4n) is 2.75. The van der Waals surface area contributed by atoms with Crippen LogP contribution in [0.25, 0.3) is 0 Å². The van der Waals surface area contributed by atoms with E-state index in [1.54, 1.807) is 14.2 Å². The van der Waals surface area contributed by atoms with Gasteiger partial charge in [0.2, 0.25) is 0 Å². The number of hydrogen-bond donors (Lipinski definition) is 0. The zero-order valence-corrected chi connectivity index (χ0v) is 12.8. The Labute approximate surface area is 130 Å². The molecule has 0 unspecified atom stereocenters. The average Bonchev–Trinajstić information content (AvgIpc) is 2.60. The van der Waals surface area contributed by atoms with Gasteiger partial charge in [0.15, 0.2) is 0 Å². The van der Waals surface area contributed by atoms with E-state index in [1.165, 1.54) is 5.56 Å². The standard InChI is InChI=1S/C18H19NO3/c1-21-16-6-4-14(5-7-16)18(20)19-10-9-13-3-8-17(22-2)11-15(13)12-19/h3-8,11H,9-10,12H2,1-2H3. The van der Waals surface area contributed by atoms with Crippen LogP contribution in [0, 0.1) is 0 Å². The summed E-state index contributed by atoms with van der Waals surface area (Å²) in [6.45, 7) is 1.36. The van der Waals surface area contributed by atoms with E-state index >= 15 is 0 Å².